The topological polar surface area (TPSA) is 105 Å². The van der Waals surface area contributed by atoms with Gasteiger partial charge in [-0.2, -0.15) is 0 Å². The van der Waals surface area contributed by atoms with Crippen molar-refractivity contribution in [2.75, 3.05) is 13.7 Å². The predicted octanol–water partition coefficient (Wildman–Crippen LogP) is 3.04. The first-order valence-corrected chi connectivity index (χ1v) is 7.58. The molecule has 0 radical (unpaired) electrons. The molecule has 1 rings (SSSR count). The lowest BCUT2D eigenvalue weighted by molar-refractivity contribution is -0.131. The van der Waals surface area contributed by atoms with E-state index in [1.165, 1.54) is 19.3 Å². The number of benzene rings is 1. The second kappa shape index (κ2) is 8.77. The Morgan fingerprint density at radius 2 is 1.92 bits per heavy atom. The van der Waals surface area contributed by atoms with Crippen LogP contribution in [0.4, 0.5) is 4.79 Å². The first-order chi connectivity index (χ1) is 11.6. The van der Waals surface area contributed by atoms with Crippen molar-refractivity contribution in [1.29, 1.82) is 0 Å². The van der Waals surface area contributed by atoms with Gasteiger partial charge in [0.1, 0.15) is 5.60 Å². The maximum atomic E-state index is 11.5. The van der Waals surface area contributed by atoms with E-state index in [1.54, 1.807) is 39.0 Å². The number of methoxy groups -OCH3 is 1. The molecule has 0 aliphatic carbocycles. The molecule has 7 nitrogen and oxygen atoms in total. The van der Waals surface area contributed by atoms with Crippen molar-refractivity contribution in [2.45, 2.75) is 26.4 Å². The number of hydrogen-bond donors (Lipinski definition) is 3. The number of aromatic hydroxyl groups is 1. The fourth-order valence-electron chi connectivity index (χ4n) is 1.84. The van der Waals surface area contributed by atoms with E-state index in [-0.39, 0.29) is 18.0 Å². The Hall–Kier alpha value is -2.96. The summed E-state index contributed by atoms with van der Waals surface area (Å²) in [7, 11) is 1.40. The first-order valence-electron chi connectivity index (χ1n) is 7.58. The van der Waals surface area contributed by atoms with Crippen LogP contribution >= 0.6 is 0 Å². The van der Waals surface area contributed by atoms with Crippen LogP contribution in [-0.2, 0) is 9.53 Å². The van der Waals surface area contributed by atoms with Crippen molar-refractivity contribution in [2.24, 2.45) is 0 Å². The second-order valence-corrected chi connectivity index (χ2v) is 6.12. The van der Waals surface area contributed by atoms with Gasteiger partial charge in [0, 0.05) is 18.2 Å². The van der Waals surface area contributed by atoms with Crippen LogP contribution in [0.15, 0.2) is 24.3 Å². The van der Waals surface area contributed by atoms with Crippen LogP contribution in [0.25, 0.3) is 12.2 Å². The zero-order valence-electron chi connectivity index (χ0n) is 14.7. The molecule has 0 bridgehead atoms. The second-order valence-electron chi connectivity index (χ2n) is 6.12. The Morgan fingerprint density at radius 1 is 1.24 bits per heavy atom. The largest absolute Gasteiger partial charge is 0.504 e. The molecule has 0 unspecified atom stereocenters. The standard InChI is InChI=1S/C18H23NO6/c1-18(2,3)25-17(23)19-9-5-6-13-10-12(7-8-15(20)21)11-14(24-4)16(13)22/h5-8,10-11,22H,9H2,1-4H3,(H,19,23)(H,20,21). The summed E-state index contributed by atoms with van der Waals surface area (Å²) >= 11 is 0. The maximum Gasteiger partial charge on any atom is 0.407 e. The summed E-state index contributed by atoms with van der Waals surface area (Å²) in [4.78, 5) is 22.2. The molecule has 0 spiro atoms. The van der Waals surface area contributed by atoms with Gasteiger partial charge in [-0.25, -0.2) is 9.59 Å². The summed E-state index contributed by atoms with van der Waals surface area (Å²) in [5.74, 6) is -0.943. The summed E-state index contributed by atoms with van der Waals surface area (Å²) in [6.07, 6.45) is 5.05. The van der Waals surface area contributed by atoms with E-state index in [0.29, 0.717) is 11.1 Å². The van der Waals surface area contributed by atoms with Gasteiger partial charge in [-0.15, -0.1) is 0 Å². The van der Waals surface area contributed by atoms with Crippen molar-refractivity contribution < 1.29 is 29.3 Å². The zero-order valence-corrected chi connectivity index (χ0v) is 14.7. The van der Waals surface area contributed by atoms with Crippen LogP contribution in [0.3, 0.4) is 0 Å². The molecule has 1 aromatic rings. The fourth-order valence-corrected chi connectivity index (χ4v) is 1.84. The number of aliphatic carboxylic acids is 1. The third-order valence-corrected chi connectivity index (χ3v) is 2.83. The number of alkyl carbamates (subject to hydrolysis) is 1. The average Bonchev–Trinajstić information content (AvgIpc) is 2.49. The summed E-state index contributed by atoms with van der Waals surface area (Å²) in [5, 5.41) is 21.4. The van der Waals surface area contributed by atoms with Crippen LogP contribution in [0.2, 0.25) is 0 Å². The van der Waals surface area contributed by atoms with Gasteiger partial charge < -0.3 is 25.0 Å². The van der Waals surface area contributed by atoms with Gasteiger partial charge in [0.25, 0.3) is 0 Å². The molecule has 0 saturated carbocycles. The van der Waals surface area contributed by atoms with Crippen molar-refractivity contribution >= 4 is 24.2 Å². The number of carbonyl (C=O) groups is 2. The van der Waals surface area contributed by atoms with Crippen LogP contribution in [0.1, 0.15) is 31.9 Å². The molecular formula is C18H23NO6. The van der Waals surface area contributed by atoms with E-state index in [4.69, 9.17) is 14.6 Å². The van der Waals surface area contributed by atoms with E-state index in [0.717, 1.165) is 6.08 Å². The van der Waals surface area contributed by atoms with Gasteiger partial charge in [-0.3, -0.25) is 0 Å². The lowest BCUT2D eigenvalue weighted by atomic mass is 10.1. The van der Waals surface area contributed by atoms with Crippen molar-refractivity contribution in [3.05, 3.63) is 35.4 Å². The predicted molar refractivity (Wildman–Crippen MR) is 94.6 cm³/mol. The molecule has 0 aliphatic rings. The van der Waals surface area contributed by atoms with Gasteiger partial charge in [0.05, 0.1) is 7.11 Å². The number of rotatable bonds is 6. The van der Waals surface area contributed by atoms with E-state index in [1.807, 2.05) is 0 Å². The molecule has 0 fully saturated rings. The minimum atomic E-state index is -1.08. The minimum absolute atomic E-state index is 0.0801. The quantitative estimate of drug-likeness (QED) is 0.682. The lowest BCUT2D eigenvalue weighted by Gasteiger charge is -2.19. The van der Waals surface area contributed by atoms with Crippen LogP contribution in [0, 0.1) is 0 Å². The molecule has 0 aromatic heterocycles. The molecule has 7 heteroatoms. The van der Waals surface area contributed by atoms with Crippen molar-refractivity contribution in [1.82, 2.24) is 5.32 Å². The normalized spacial score (nSPS) is 11.7. The third kappa shape index (κ3) is 7.43. The van der Waals surface area contributed by atoms with Gasteiger partial charge >= 0.3 is 12.1 Å². The summed E-state index contributed by atoms with van der Waals surface area (Å²) in [6, 6.07) is 3.12. The monoisotopic (exact) mass is 349 g/mol. The number of carboxylic acid groups (broad SMARTS) is 1. The molecule has 1 amide bonds. The Labute approximate surface area is 146 Å². The van der Waals surface area contributed by atoms with Crippen LogP contribution in [-0.4, -0.2) is 41.5 Å². The highest BCUT2D eigenvalue weighted by atomic mass is 16.6. The molecule has 0 heterocycles. The van der Waals surface area contributed by atoms with Gasteiger partial charge in [0.15, 0.2) is 11.5 Å². The Kier molecular flexibility index (Phi) is 7.05. The van der Waals surface area contributed by atoms with E-state index >= 15 is 0 Å². The van der Waals surface area contributed by atoms with Crippen LogP contribution in [0.5, 0.6) is 11.5 Å². The number of phenolic OH excluding ortho intramolecular Hbond substituents is 1. The number of carbonyl (C=O) groups excluding carboxylic acids is 1. The third-order valence-electron chi connectivity index (χ3n) is 2.83. The van der Waals surface area contributed by atoms with E-state index in [2.05, 4.69) is 5.32 Å². The van der Waals surface area contributed by atoms with Gasteiger partial charge in [-0.05, 0) is 44.5 Å². The fraction of sp³-hybridized carbons (Fsp3) is 0.333. The Bertz CT molecular complexity index is 686. The van der Waals surface area contributed by atoms with Crippen molar-refractivity contribution in [3.63, 3.8) is 0 Å². The Morgan fingerprint density at radius 3 is 2.48 bits per heavy atom. The molecule has 0 saturated heterocycles. The number of hydrogen-bond acceptors (Lipinski definition) is 5. The number of phenols is 1. The molecule has 136 valence electrons. The van der Waals surface area contributed by atoms with Gasteiger partial charge in [0.2, 0.25) is 0 Å². The minimum Gasteiger partial charge on any atom is -0.504 e. The molecular weight excluding hydrogens is 326 g/mol. The first kappa shape index (κ1) is 20.1. The SMILES string of the molecule is COc1cc(C=CC(=O)O)cc(C=CCNC(=O)OC(C)(C)C)c1O. The van der Waals surface area contributed by atoms with Gasteiger partial charge in [-0.1, -0.05) is 12.2 Å². The highest BCUT2D eigenvalue weighted by Gasteiger charge is 2.15. The molecule has 0 aliphatic heterocycles. The van der Waals surface area contributed by atoms with E-state index in [9.17, 15) is 14.7 Å². The lowest BCUT2D eigenvalue weighted by Crippen LogP contribution is -2.32. The summed E-state index contributed by atoms with van der Waals surface area (Å²) in [5.41, 5.74) is 0.400. The van der Waals surface area contributed by atoms with Crippen molar-refractivity contribution in [3.8, 4) is 11.5 Å². The summed E-state index contributed by atoms with van der Waals surface area (Å²) < 4.78 is 10.2. The smallest absolute Gasteiger partial charge is 0.407 e. The average molecular weight is 349 g/mol. The van der Waals surface area contributed by atoms with E-state index < -0.39 is 17.7 Å². The number of amides is 1. The number of ether oxygens (including phenoxy) is 2. The highest BCUT2D eigenvalue weighted by Crippen LogP contribution is 2.32. The maximum absolute atomic E-state index is 11.5. The van der Waals surface area contributed by atoms with Crippen LogP contribution < -0.4 is 10.1 Å². The number of nitrogens with one attached hydrogen (secondary N) is 1. The molecule has 1 aromatic carbocycles. The Balaban J connectivity index is 2.84. The molecule has 25 heavy (non-hydrogen) atoms. The molecule has 0 atom stereocenters. The summed E-state index contributed by atoms with van der Waals surface area (Å²) in [6.45, 7) is 5.50. The molecule has 3 N–H and O–H groups in total. The zero-order chi connectivity index (χ0) is 19.0. The number of carboxylic acids is 1. The highest BCUT2D eigenvalue weighted by molar-refractivity contribution is 5.85.